The molecule has 1 aliphatic rings. The molecular formula is C21H22ClN3O7S. The second kappa shape index (κ2) is 11.2. The van der Waals surface area contributed by atoms with Gasteiger partial charge in [-0.3, -0.25) is 24.3 Å². The van der Waals surface area contributed by atoms with Crippen LogP contribution in [0.2, 0.25) is 5.02 Å². The molecule has 2 heterocycles. The van der Waals surface area contributed by atoms with E-state index < -0.39 is 22.4 Å². The van der Waals surface area contributed by atoms with Crippen LogP contribution in [-0.2, 0) is 25.6 Å². The molecule has 3 rings (SSSR count). The lowest BCUT2D eigenvalue weighted by Gasteiger charge is -2.10. The highest BCUT2D eigenvalue weighted by molar-refractivity contribution is 7.07. The Morgan fingerprint density at radius 3 is 2.91 bits per heavy atom. The molecule has 10 nitrogen and oxygen atoms in total. The number of benzene rings is 1. The molecule has 1 atom stereocenters. The molecule has 33 heavy (non-hydrogen) atoms. The number of nitrogens with zero attached hydrogens (tertiary/aromatic N) is 2. The first-order chi connectivity index (χ1) is 15.8. The van der Waals surface area contributed by atoms with E-state index in [1.807, 2.05) is 0 Å². The minimum absolute atomic E-state index is 0.0278. The van der Waals surface area contributed by atoms with Crippen molar-refractivity contribution in [2.45, 2.75) is 32.4 Å². The summed E-state index contributed by atoms with van der Waals surface area (Å²) in [6, 6.07) is 4.14. The third-order valence-corrected chi connectivity index (χ3v) is 6.16. The Hall–Kier alpha value is -3.02. The van der Waals surface area contributed by atoms with Crippen molar-refractivity contribution in [3.63, 3.8) is 0 Å². The Morgan fingerprint density at radius 1 is 1.45 bits per heavy atom. The van der Waals surface area contributed by atoms with E-state index in [4.69, 9.17) is 21.1 Å². The summed E-state index contributed by atoms with van der Waals surface area (Å²) >= 11 is 6.82. The number of carbonyl (C=O) groups excluding carboxylic acids is 2. The molecule has 12 heteroatoms. The van der Waals surface area contributed by atoms with Crippen LogP contribution in [-0.4, -0.2) is 47.2 Å². The van der Waals surface area contributed by atoms with Gasteiger partial charge in [-0.05, 0) is 37.5 Å². The average Bonchev–Trinajstić information content (AvgIpc) is 3.38. The molecule has 1 aromatic heterocycles. The highest BCUT2D eigenvalue weighted by Gasteiger charge is 2.17. The number of nitro benzene ring substituents is 1. The van der Waals surface area contributed by atoms with Crippen molar-refractivity contribution in [2.75, 3.05) is 19.8 Å². The lowest BCUT2D eigenvalue weighted by Crippen LogP contribution is -2.40. The fourth-order valence-corrected chi connectivity index (χ4v) is 4.44. The van der Waals surface area contributed by atoms with Crippen LogP contribution < -0.4 is 20.1 Å². The quantitative estimate of drug-likeness (QED) is 0.327. The molecule has 0 aliphatic carbocycles. The van der Waals surface area contributed by atoms with E-state index in [9.17, 15) is 24.5 Å². The molecular weight excluding hydrogens is 474 g/mol. The van der Waals surface area contributed by atoms with E-state index >= 15 is 0 Å². The van der Waals surface area contributed by atoms with Gasteiger partial charge in [0.25, 0.3) is 11.2 Å². The largest absolute Gasteiger partial charge is 0.463 e. The van der Waals surface area contributed by atoms with E-state index in [0.717, 1.165) is 30.3 Å². The number of aromatic nitrogens is 1. The van der Waals surface area contributed by atoms with Crippen LogP contribution in [0.1, 0.15) is 25.3 Å². The van der Waals surface area contributed by atoms with Crippen LogP contribution in [0.15, 0.2) is 23.0 Å². The van der Waals surface area contributed by atoms with Crippen LogP contribution in [0.5, 0.6) is 0 Å². The normalized spacial score (nSPS) is 16.7. The van der Waals surface area contributed by atoms with E-state index in [2.05, 4.69) is 5.32 Å². The van der Waals surface area contributed by atoms with Gasteiger partial charge >= 0.3 is 5.97 Å². The molecule has 1 unspecified atom stereocenters. The molecule has 1 fully saturated rings. The van der Waals surface area contributed by atoms with Gasteiger partial charge in [-0.2, -0.15) is 0 Å². The second-order valence-corrected chi connectivity index (χ2v) is 8.61. The Labute approximate surface area is 197 Å². The first-order valence-electron chi connectivity index (χ1n) is 10.2. The van der Waals surface area contributed by atoms with Crippen molar-refractivity contribution in [1.82, 2.24) is 9.88 Å². The van der Waals surface area contributed by atoms with E-state index in [0.29, 0.717) is 18.7 Å². The lowest BCUT2D eigenvalue weighted by molar-refractivity contribution is -0.384. The molecule has 1 saturated heterocycles. The highest BCUT2D eigenvalue weighted by atomic mass is 35.5. The third kappa shape index (κ3) is 6.50. The van der Waals surface area contributed by atoms with E-state index in [1.165, 1.54) is 28.8 Å². The minimum Gasteiger partial charge on any atom is -0.463 e. The maximum absolute atomic E-state index is 13.0. The number of esters is 1. The molecule has 1 aromatic carbocycles. The summed E-state index contributed by atoms with van der Waals surface area (Å²) in [4.78, 5) is 48.0. The smallest absolute Gasteiger partial charge is 0.333 e. The maximum Gasteiger partial charge on any atom is 0.333 e. The molecule has 1 N–H and O–H groups in total. The minimum atomic E-state index is -0.652. The monoisotopic (exact) mass is 495 g/mol. The summed E-state index contributed by atoms with van der Waals surface area (Å²) in [6.45, 7) is 2.49. The first-order valence-corrected chi connectivity index (χ1v) is 11.4. The second-order valence-electron chi connectivity index (χ2n) is 7.14. The summed E-state index contributed by atoms with van der Waals surface area (Å²) in [6.07, 6.45) is 4.32. The zero-order valence-electron chi connectivity index (χ0n) is 17.7. The number of hydrogen-bond donors (Lipinski definition) is 1. The summed E-state index contributed by atoms with van der Waals surface area (Å²) in [5.41, 5.74) is -0.434. The number of halogens is 1. The van der Waals surface area contributed by atoms with Gasteiger partial charge in [0, 0.05) is 19.2 Å². The number of amides is 1. The van der Waals surface area contributed by atoms with Crippen molar-refractivity contribution in [1.29, 1.82) is 0 Å². The highest BCUT2D eigenvalue weighted by Crippen LogP contribution is 2.25. The molecule has 2 aromatic rings. The van der Waals surface area contributed by atoms with Gasteiger partial charge in [0.2, 0.25) is 5.91 Å². The van der Waals surface area contributed by atoms with E-state index in [-0.39, 0.29) is 39.2 Å². The van der Waals surface area contributed by atoms with Crippen molar-refractivity contribution in [2.24, 2.45) is 0 Å². The molecule has 1 amide bonds. The molecule has 0 bridgehead atoms. The first kappa shape index (κ1) is 24.6. The SMILES string of the molecule is CCOC(=O)/C=c1\s/c(=C\c2ccc(Cl)c([N+](=O)[O-])c2)c(=O)n1CC(=O)NCC1CCCO1. The number of nitrogens with one attached hydrogen (secondary N) is 1. The summed E-state index contributed by atoms with van der Waals surface area (Å²) in [5, 5.41) is 13.9. The van der Waals surface area contributed by atoms with Crippen LogP contribution in [0.4, 0.5) is 5.69 Å². The number of carbonyl (C=O) groups is 2. The molecule has 1 aliphatic heterocycles. The van der Waals surface area contributed by atoms with Gasteiger partial charge in [-0.25, -0.2) is 4.79 Å². The summed E-state index contributed by atoms with van der Waals surface area (Å²) < 4.78 is 12.0. The number of ether oxygens (including phenoxy) is 2. The van der Waals surface area contributed by atoms with Crippen molar-refractivity contribution in [3.8, 4) is 0 Å². The van der Waals surface area contributed by atoms with Gasteiger partial charge in [0.1, 0.15) is 16.2 Å². The Kier molecular flexibility index (Phi) is 8.37. The van der Waals surface area contributed by atoms with Crippen LogP contribution in [0, 0.1) is 10.1 Å². The zero-order valence-corrected chi connectivity index (χ0v) is 19.3. The fraction of sp³-hybridized carbons (Fsp3) is 0.381. The number of hydrogen-bond acceptors (Lipinski definition) is 8. The predicted octanol–water partition coefficient (Wildman–Crippen LogP) is 0.939. The Morgan fingerprint density at radius 2 is 2.24 bits per heavy atom. The van der Waals surface area contributed by atoms with Crippen LogP contribution >= 0.6 is 22.9 Å². The van der Waals surface area contributed by atoms with Gasteiger partial charge in [0.15, 0.2) is 0 Å². The number of nitro groups is 1. The van der Waals surface area contributed by atoms with Crippen molar-refractivity contribution in [3.05, 3.63) is 58.4 Å². The van der Waals surface area contributed by atoms with Crippen LogP contribution in [0.25, 0.3) is 12.2 Å². The van der Waals surface area contributed by atoms with E-state index in [1.54, 1.807) is 6.92 Å². The topological polar surface area (TPSA) is 130 Å². The third-order valence-electron chi connectivity index (χ3n) is 4.78. The van der Waals surface area contributed by atoms with Crippen molar-refractivity contribution >= 4 is 52.7 Å². The molecule has 0 spiro atoms. The predicted molar refractivity (Wildman–Crippen MR) is 123 cm³/mol. The average molecular weight is 496 g/mol. The van der Waals surface area contributed by atoms with Gasteiger partial charge in [-0.15, -0.1) is 11.3 Å². The number of rotatable bonds is 8. The number of thiazole rings is 1. The summed E-state index contributed by atoms with van der Waals surface area (Å²) in [5.74, 6) is -1.06. The molecule has 176 valence electrons. The Balaban J connectivity index is 1.96. The van der Waals surface area contributed by atoms with Crippen molar-refractivity contribution < 1.29 is 24.0 Å². The van der Waals surface area contributed by atoms with Gasteiger partial charge in [-0.1, -0.05) is 17.7 Å². The molecule has 0 saturated carbocycles. The fourth-order valence-electron chi connectivity index (χ4n) is 3.22. The zero-order chi connectivity index (χ0) is 24.0. The van der Waals surface area contributed by atoms with Gasteiger partial charge < -0.3 is 14.8 Å². The standard InChI is InChI=1S/C21H22ClN3O7S/c1-2-31-20(27)10-19-24(12-18(26)23-11-14-4-3-7-32-14)21(28)17(33-19)9-13-5-6-15(22)16(8-13)25(29)30/h5-6,8-10,14H,2-4,7,11-12H2,1H3,(H,23,26)/b17-9-,19-10-. The summed E-state index contributed by atoms with van der Waals surface area (Å²) in [7, 11) is 0. The molecule has 0 radical (unpaired) electrons. The lowest BCUT2D eigenvalue weighted by atomic mass is 10.2. The maximum atomic E-state index is 13.0. The van der Waals surface area contributed by atoms with Crippen LogP contribution in [0.3, 0.4) is 0 Å². The Bertz CT molecular complexity index is 1230. The van der Waals surface area contributed by atoms with Gasteiger partial charge in [0.05, 0.1) is 28.2 Å².